The monoisotopic (exact) mass is 364 g/mol. The number of amides is 2. The first-order chi connectivity index (χ1) is 12.7. The van der Waals surface area contributed by atoms with Crippen molar-refractivity contribution in [2.45, 2.75) is 90.9 Å². The highest BCUT2D eigenvalue weighted by molar-refractivity contribution is 5.77. The van der Waals surface area contributed by atoms with Gasteiger partial charge in [0.05, 0.1) is 0 Å². The van der Waals surface area contributed by atoms with Gasteiger partial charge in [-0.2, -0.15) is 0 Å². The van der Waals surface area contributed by atoms with E-state index in [2.05, 4.69) is 48.8 Å². The molecule has 0 saturated carbocycles. The molecule has 0 saturated heterocycles. The van der Waals surface area contributed by atoms with E-state index in [1.165, 1.54) is 25.7 Å². The van der Waals surface area contributed by atoms with Crippen molar-refractivity contribution >= 4 is 11.8 Å². The van der Waals surface area contributed by atoms with E-state index >= 15 is 0 Å². The highest BCUT2D eigenvalue weighted by Gasteiger charge is 2.03. The molecule has 0 aromatic carbocycles. The quantitative estimate of drug-likeness (QED) is 0.280. The van der Waals surface area contributed by atoms with Gasteiger partial charge < -0.3 is 10.6 Å². The standard InChI is InChI=1S/C22H40N2O2/c1-3-5-7-9-11-15-19-23-21(25)17-13-14-18-22(26)24-20-16-12-10-8-6-4-2/h9-12H,3-8,13-20H2,1-2H3,(H,23,25)(H,24,26)/b11-9+,12-10+. The molecule has 4 heteroatoms. The smallest absolute Gasteiger partial charge is 0.220 e. The molecule has 2 N–H and O–H groups in total. The minimum atomic E-state index is 0.0876. The molecule has 0 heterocycles. The van der Waals surface area contributed by atoms with Crippen LogP contribution in [0.1, 0.15) is 90.9 Å². The minimum Gasteiger partial charge on any atom is -0.356 e. The molecule has 150 valence electrons. The predicted molar refractivity (Wildman–Crippen MR) is 111 cm³/mol. The lowest BCUT2D eigenvalue weighted by Crippen LogP contribution is -2.25. The lowest BCUT2D eigenvalue weighted by atomic mass is 10.1. The fourth-order valence-electron chi connectivity index (χ4n) is 2.45. The van der Waals surface area contributed by atoms with Crippen molar-refractivity contribution in [3.63, 3.8) is 0 Å². The van der Waals surface area contributed by atoms with Crippen LogP contribution in [0.5, 0.6) is 0 Å². The van der Waals surface area contributed by atoms with Crippen LogP contribution in [0.25, 0.3) is 0 Å². The van der Waals surface area contributed by atoms with E-state index in [0.29, 0.717) is 25.9 Å². The summed E-state index contributed by atoms with van der Waals surface area (Å²) in [6.07, 6.45) is 20.1. The molecular weight excluding hydrogens is 324 g/mol. The second-order valence-corrected chi connectivity index (χ2v) is 6.71. The van der Waals surface area contributed by atoms with Crippen LogP contribution < -0.4 is 10.6 Å². The second kappa shape index (κ2) is 19.7. The molecular formula is C22H40N2O2. The van der Waals surface area contributed by atoms with Crippen molar-refractivity contribution in [2.24, 2.45) is 0 Å². The fourth-order valence-corrected chi connectivity index (χ4v) is 2.45. The zero-order valence-corrected chi connectivity index (χ0v) is 17.0. The molecule has 0 atom stereocenters. The minimum absolute atomic E-state index is 0.0876. The molecule has 0 fully saturated rings. The van der Waals surface area contributed by atoms with E-state index < -0.39 is 0 Å². The third-order valence-corrected chi connectivity index (χ3v) is 4.11. The lowest BCUT2D eigenvalue weighted by Gasteiger charge is -2.05. The molecule has 0 spiro atoms. The maximum Gasteiger partial charge on any atom is 0.220 e. The van der Waals surface area contributed by atoms with Crippen LogP contribution in [0.3, 0.4) is 0 Å². The number of allylic oxidation sites excluding steroid dienone is 2. The highest BCUT2D eigenvalue weighted by Crippen LogP contribution is 2.01. The Morgan fingerprint density at radius 2 is 1.00 bits per heavy atom. The van der Waals surface area contributed by atoms with Gasteiger partial charge >= 0.3 is 0 Å². The van der Waals surface area contributed by atoms with Crippen LogP contribution in [-0.4, -0.2) is 24.9 Å². The Labute approximate surface area is 160 Å². The van der Waals surface area contributed by atoms with E-state index in [1.54, 1.807) is 0 Å². The van der Waals surface area contributed by atoms with E-state index in [-0.39, 0.29) is 11.8 Å². The Bertz CT molecular complexity index is 365. The summed E-state index contributed by atoms with van der Waals surface area (Å²) in [5.41, 5.74) is 0. The SMILES string of the molecule is CCCC/C=C/CCNC(=O)CCCCC(=O)NCC/C=C/CCCC. The van der Waals surface area contributed by atoms with Gasteiger partial charge in [0.25, 0.3) is 0 Å². The van der Waals surface area contributed by atoms with Gasteiger partial charge in [-0.15, -0.1) is 0 Å². The van der Waals surface area contributed by atoms with Gasteiger partial charge in [-0.05, 0) is 38.5 Å². The van der Waals surface area contributed by atoms with E-state index in [1.807, 2.05) is 0 Å². The number of unbranched alkanes of at least 4 members (excludes halogenated alkanes) is 5. The third-order valence-electron chi connectivity index (χ3n) is 4.11. The van der Waals surface area contributed by atoms with Crippen LogP contribution in [-0.2, 0) is 9.59 Å². The summed E-state index contributed by atoms with van der Waals surface area (Å²) < 4.78 is 0. The van der Waals surface area contributed by atoms with Crippen LogP contribution in [0.4, 0.5) is 0 Å². The average molecular weight is 365 g/mol. The zero-order valence-electron chi connectivity index (χ0n) is 17.0. The zero-order chi connectivity index (χ0) is 19.3. The lowest BCUT2D eigenvalue weighted by molar-refractivity contribution is -0.123. The molecule has 0 radical (unpaired) electrons. The first kappa shape index (κ1) is 24.4. The van der Waals surface area contributed by atoms with Crippen LogP contribution in [0.15, 0.2) is 24.3 Å². The summed E-state index contributed by atoms with van der Waals surface area (Å²) in [4.78, 5) is 23.4. The summed E-state index contributed by atoms with van der Waals surface area (Å²) in [6, 6.07) is 0. The summed E-state index contributed by atoms with van der Waals surface area (Å²) in [7, 11) is 0. The molecule has 0 rings (SSSR count). The largest absolute Gasteiger partial charge is 0.356 e. The first-order valence-electron chi connectivity index (χ1n) is 10.5. The molecule has 0 unspecified atom stereocenters. The van der Waals surface area contributed by atoms with Crippen molar-refractivity contribution in [1.82, 2.24) is 10.6 Å². The molecule has 0 aromatic rings. The first-order valence-corrected chi connectivity index (χ1v) is 10.5. The molecule has 0 aliphatic rings. The van der Waals surface area contributed by atoms with Crippen LogP contribution in [0.2, 0.25) is 0 Å². The summed E-state index contributed by atoms with van der Waals surface area (Å²) >= 11 is 0. The fraction of sp³-hybridized carbons (Fsp3) is 0.727. The molecule has 0 aromatic heterocycles. The van der Waals surface area contributed by atoms with Gasteiger partial charge in [-0.1, -0.05) is 63.8 Å². The van der Waals surface area contributed by atoms with Gasteiger partial charge in [0, 0.05) is 25.9 Å². The maximum atomic E-state index is 11.7. The normalized spacial score (nSPS) is 11.3. The second-order valence-electron chi connectivity index (χ2n) is 6.71. The van der Waals surface area contributed by atoms with Crippen molar-refractivity contribution in [2.75, 3.05) is 13.1 Å². The average Bonchev–Trinajstić information content (AvgIpc) is 2.64. The highest BCUT2D eigenvalue weighted by atomic mass is 16.2. The molecule has 0 bridgehead atoms. The Balaban J connectivity index is 3.43. The molecule has 2 amide bonds. The molecule has 4 nitrogen and oxygen atoms in total. The van der Waals surface area contributed by atoms with Gasteiger partial charge in [-0.25, -0.2) is 0 Å². The van der Waals surface area contributed by atoms with E-state index in [9.17, 15) is 9.59 Å². The van der Waals surface area contributed by atoms with Gasteiger partial charge in [0.2, 0.25) is 11.8 Å². The van der Waals surface area contributed by atoms with Crippen LogP contribution in [0, 0.1) is 0 Å². The molecule has 0 aliphatic carbocycles. The van der Waals surface area contributed by atoms with Crippen molar-refractivity contribution in [3.8, 4) is 0 Å². The number of nitrogens with one attached hydrogen (secondary N) is 2. The Hall–Kier alpha value is -1.58. The third kappa shape index (κ3) is 18.8. The van der Waals surface area contributed by atoms with Gasteiger partial charge in [-0.3, -0.25) is 9.59 Å². The number of hydrogen-bond donors (Lipinski definition) is 2. The number of rotatable bonds is 17. The summed E-state index contributed by atoms with van der Waals surface area (Å²) in [5, 5.41) is 5.85. The van der Waals surface area contributed by atoms with E-state index in [4.69, 9.17) is 0 Å². The van der Waals surface area contributed by atoms with Crippen LogP contribution >= 0.6 is 0 Å². The maximum absolute atomic E-state index is 11.7. The summed E-state index contributed by atoms with van der Waals surface area (Å²) in [5.74, 6) is 0.175. The van der Waals surface area contributed by atoms with Gasteiger partial charge in [0.1, 0.15) is 0 Å². The molecule has 0 aliphatic heterocycles. The Morgan fingerprint density at radius 3 is 1.38 bits per heavy atom. The topological polar surface area (TPSA) is 58.2 Å². The Morgan fingerprint density at radius 1 is 0.615 bits per heavy atom. The predicted octanol–water partition coefficient (Wildman–Crippen LogP) is 5.05. The van der Waals surface area contributed by atoms with Crippen molar-refractivity contribution < 1.29 is 9.59 Å². The number of carbonyl (C=O) groups is 2. The van der Waals surface area contributed by atoms with Crippen molar-refractivity contribution in [3.05, 3.63) is 24.3 Å². The van der Waals surface area contributed by atoms with Gasteiger partial charge in [0.15, 0.2) is 0 Å². The van der Waals surface area contributed by atoms with E-state index in [0.717, 1.165) is 38.5 Å². The Kier molecular flexibility index (Phi) is 18.5. The number of hydrogen-bond acceptors (Lipinski definition) is 2. The van der Waals surface area contributed by atoms with Crippen molar-refractivity contribution in [1.29, 1.82) is 0 Å². The summed E-state index contributed by atoms with van der Waals surface area (Å²) in [6.45, 7) is 5.77. The number of carbonyl (C=O) groups excluding carboxylic acids is 2. The molecule has 26 heavy (non-hydrogen) atoms.